The van der Waals surface area contributed by atoms with Crippen molar-refractivity contribution in [2.24, 2.45) is 0 Å². The molecule has 1 N–H and O–H groups in total. The SMILES string of the molecule is O=c1oc2c3c(ccc2c2c1CCC2)OC[NH+](C[C@@H]1CCCO1)C3. The second-order valence-electron chi connectivity index (χ2n) is 7.17. The molecule has 0 radical (unpaired) electrons. The van der Waals surface area contributed by atoms with Gasteiger partial charge in [0.2, 0.25) is 6.73 Å². The molecule has 24 heavy (non-hydrogen) atoms. The Bertz CT molecular complexity index is 851. The van der Waals surface area contributed by atoms with Crippen molar-refractivity contribution in [3.05, 3.63) is 39.2 Å². The zero-order valence-electron chi connectivity index (χ0n) is 13.7. The van der Waals surface area contributed by atoms with Crippen molar-refractivity contribution < 1.29 is 18.8 Å². The molecule has 1 unspecified atom stereocenters. The molecule has 1 aromatic carbocycles. The van der Waals surface area contributed by atoms with Crippen molar-refractivity contribution in [2.45, 2.75) is 44.8 Å². The topological polar surface area (TPSA) is 53.1 Å². The van der Waals surface area contributed by atoms with E-state index in [0.29, 0.717) is 12.8 Å². The van der Waals surface area contributed by atoms with Crippen molar-refractivity contribution in [2.75, 3.05) is 19.9 Å². The number of quaternary nitrogens is 1. The van der Waals surface area contributed by atoms with Gasteiger partial charge < -0.3 is 13.9 Å². The fourth-order valence-electron chi connectivity index (χ4n) is 4.43. The Morgan fingerprint density at radius 1 is 1.12 bits per heavy atom. The molecule has 5 rings (SSSR count). The van der Waals surface area contributed by atoms with Crippen LogP contribution in [0.3, 0.4) is 0 Å². The summed E-state index contributed by atoms with van der Waals surface area (Å²) in [6, 6.07) is 4.10. The molecule has 1 fully saturated rings. The van der Waals surface area contributed by atoms with Crippen LogP contribution >= 0.6 is 0 Å². The highest BCUT2D eigenvalue weighted by atomic mass is 16.5. The summed E-state index contributed by atoms with van der Waals surface area (Å²) >= 11 is 0. The van der Waals surface area contributed by atoms with Crippen molar-refractivity contribution in [3.63, 3.8) is 0 Å². The number of aryl methyl sites for hydroxylation is 1. The first kappa shape index (κ1) is 14.5. The van der Waals surface area contributed by atoms with E-state index in [-0.39, 0.29) is 5.63 Å². The van der Waals surface area contributed by atoms with Gasteiger partial charge in [0.15, 0.2) is 5.58 Å². The van der Waals surface area contributed by atoms with Gasteiger partial charge >= 0.3 is 5.63 Å². The van der Waals surface area contributed by atoms with E-state index in [2.05, 4.69) is 6.07 Å². The Morgan fingerprint density at radius 3 is 2.92 bits per heavy atom. The molecule has 0 saturated carbocycles. The molecule has 0 spiro atoms. The molecule has 1 aliphatic carbocycles. The molecule has 2 aliphatic heterocycles. The van der Waals surface area contributed by atoms with Gasteiger partial charge in [0.1, 0.15) is 24.9 Å². The second-order valence-corrected chi connectivity index (χ2v) is 7.17. The molecule has 3 heterocycles. The summed E-state index contributed by atoms with van der Waals surface area (Å²) in [5.41, 5.74) is 3.69. The first-order valence-electron chi connectivity index (χ1n) is 8.98. The lowest BCUT2D eigenvalue weighted by molar-refractivity contribution is -0.935. The summed E-state index contributed by atoms with van der Waals surface area (Å²) in [5.74, 6) is 0.861. The summed E-state index contributed by atoms with van der Waals surface area (Å²) in [6.07, 6.45) is 5.48. The van der Waals surface area contributed by atoms with Crippen LogP contribution in [0.5, 0.6) is 5.75 Å². The number of hydrogen-bond acceptors (Lipinski definition) is 4. The Labute approximate surface area is 140 Å². The van der Waals surface area contributed by atoms with Crippen LogP contribution in [-0.4, -0.2) is 26.0 Å². The Balaban J connectivity index is 1.55. The monoisotopic (exact) mass is 328 g/mol. The van der Waals surface area contributed by atoms with Gasteiger partial charge in [-0.05, 0) is 49.8 Å². The lowest BCUT2D eigenvalue weighted by atomic mass is 10.0. The molecule has 126 valence electrons. The maximum Gasteiger partial charge on any atom is 0.339 e. The lowest BCUT2D eigenvalue weighted by Crippen LogP contribution is -3.13. The average Bonchev–Trinajstić information content (AvgIpc) is 3.27. The van der Waals surface area contributed by atoms with E-state index in [4.69, 9.17) is 13.9 Å². The number of ether oxygens (including phenoxy) is 2. The molecule has 1 aromatic heterocycles. The van der Waals surface area contributed by atoms with Crippen molar-refractivity contribution in [3.8, 4) is 5.75 Å². The zero-order valence-corrected chi connectivity index (χ0v) is 13.7. The summed E-state index contributed by atoms with van der Waals surface area (Å²) in [5, 5.41) is 1.10. The average molecular weight is 328 g/mol. The van der Waals surface area contributed by atoms with Gasteiger partial charge in [0.05, 0.1) is 5.56 Å². The molecular weight excluding hydrogens is 306 g/mol. The highest BCUT2D eigenvalue weighted by molar-refractivity contribution is 5.86. The summed E-state index contributed by atoms with van der Waals surface area (Å²) in [4.78, 5) is 13.7. The van der Waals surface area contributed by atoms with E-state index in [1.54, 1.807) is 0 Å². The van der Waals surface area contributed by atoms with Crippen LogP contribution in [0.25, 0.3) is 11.0 Å². The Hall–Kier alpha value is -1.85. The fraction of sp³-hybridized carbons (Fsp3) is 0.526. The van der Waals surface area contributed by atoms with E-state index < -0.39 is 0 Å². The van der Waals surface area contributed by atoms with Gasteiger partial charge in [-0.25, -0.2) is 4.79 Å². The summed E-state index contributed by atoms with van der Waals surface area (Å²) in [7, 11) is 0. The number of rotatable bonds is 2. The normalized spacial score (nSPS) is 25.5. The minimum Gasteiger partial charge on any atom is -0.445 e. The van der Waals surface area contributed by atoms with E-state index in [0.717, 1.165) is 79.6 Å². The third kappa shape index (κ3) is 2.26. The summed E-state index contributed by atoms with van der Waals surface area (Å²) < 4.78 is 17.5. The highest BCUT2D eigenvalue weighted by Crippen LogP contribution is 2.33. The zero-order chi connectivity index (χ0) is 16.1. The van der Waals surface area contributed by atoms with Gasteiger partial charge in [-0.15, -0.1) is 0 Å². The Morgan fingerprint density at radius 2 is 2.04 bits per heavy atom. The van der Waals surface area contributed by atoms with Crippen LogP contribution in [0, 0.1) is 0 Å². The first-order chi connectivity index (χ1) is 11.8. The second kappa shape index (κ2) is 5.60. The van der Waals surface area contributed by atoms with Crippen molar-refractivity contribution in [1.29, 1.82) is 0 Å². The predicted molar refractivity (Wildman–Crippen MR) is 88.5 cm³/mol. The quantitative estimate of drug-likeness (QED) is 0.842. The third-order valence-corrected chi connectivity index (χ3v) is 5.60. The molecule has 2 atom stereocenters. The van der Waals surface area contributed by atoms with Gasteiger partial charge in [-0.1, -0.05) is 0 Å². The van der Waals surface area contributed by atoms with Gasteiger partial charge in [0, 0.05) is 17.6 Å². The van der Waals surface area contributed by atoms with E-state index in [9.17, 15) is 4.79 Å². The maximum atomic E-state index is 12.3. The predicted octanol–water partition coefficient (Wildman–Crippen LogP) is 1.20. The van der Waals surface area contributed by atoms with E-state index in [1.807, 2.05) is 6.07 Å². The molecule has 5 heteroatoms. The first-order valence-corrected chi connectivity index (χ1v) is 8.98. The minimum absolute atomic E-state index is 0.158. The van der Waals surface area contributed by atoms with E-state index in [1.165, 1.54) is 10.5 Å². The molecule has 5 nitrogen and oxygen atoms in total. The maximum absolute atomic E-state index is 12.3. The molecule has 0 bridgehead atoms. The van der Waals surface area contributed by atoms with Gasteiger partial charge in [0.25, 0.3) is 0 Å². The standard InChI is InChI=1S/C19H21NO4/c21-19-15-5-1-4-13(15)14-6-7-17-16(18(14)24-19)10-20(11-23-17)9-12-3-2-8-22-12/h6-7,12H,1-5,8-11H2/p+1/t12-/m0/s1. The van der Waals surface area contributed by atoms with Gasteiger partial charge in [-0.3, -0.25) is 4.90 Å². The molecule has 1 saturated heterocycles. The number of nitrogens with one attached hydrogen (secondary N) is 1. The number of benzene rings is 1. The van der Waals surface area contributed by atoms with E-state index >= 15 is 0 Å². The van der Waals surface area contributed by atoms with Crippen LogP contribution in [-0.2, 0) is 24.1 Å². The van der Waals surface area contributed by atoms with Gasteiger partial charge in [-0.2, -0.15) is 0 Å². The van der Waals surface area contributed by atoms with Crippen LogP contribution < -0.4 is 15.3 Å². The smallest absolute Gasteiger partial charge is 0.339 e. The molecule has 2 aromatic rings. The fourth-order valence-corrected chi connectivity index (χ4v) is 4.43. The van der Waals surface area contributed by atoms with Crippen molar-refractivity contribution in [1.82, 2.24) is 0 Å². The van der Waals surface area contributed by atoms with Crippen LogP contribution in [0.1, 0.15) is 36.0 Å². The Kier molecular flexibility index (Phi) is 3.38. The van der Waals surface area contributed by atoms with Crippen LogP contribution in [0.2, 0.25) is 0 Å². The lowest BCUT2D eigenvalue weighted by Gasteiger charge is -2.28. The van der Waals surface area contributed by atoms with Crippen molar-refractivity contribution >= 4 is 11.0 Å². The minimum atomic E-state index is -0.158. The summed E-state index contributed by atoms with van der Waals surface area (Å²) in [6.45, 7) is 3.30. The van der Waals surface area contributed by atoms with Crippen LogP contribution in [0.4, 0.5) is 0 Å². The third-order valence-electron chi connectivity index (χ3n) is 5.60. The number of hydrogen-bond donors (Lipinski definition) is 1. The number of fused-ring (bicyclic) bond motifs is 5. The molecular formula is C19H22NO4+. The molecule has 0 amide bonds. The largest absolute Gasteiger partial charge is 0.445 e. The van der Waals surface area contributed by atoms with Crippen LogP contribution in [0.15, 0.2) is 21.3 Å². The molecule has 3 aliphatic rings. The highest BCUT2D eigenvalue weighted by Gasteiger charge is 2.30.